The van der Waals surface area contributed by atoms with Crippen LogP contribution in [-0.4, -0.2) is 5.11 Å². The van der Waals surface area contributed by atoms with E-state index in [1.807, 2.05) is 0 Å². The van der Waals surface area contributed by atoms with E-state index in [-0.39, 0.29) is 22.0 Å². The van der Waals surface area contributed by atoms with E-state index in [0.717, 1.165) is 6.07 Å². The standard InChI is InChI=1S/C14H10Cl2F2O/c15-9-2-3-10(12(17)7-9)14(19)6-8-1-4-11(16)13(18)5-8/h1-5,7,14,19H,6H2. The van der Waals surface area contributed by atoms with E-state index in [4.69, 9.17) is 23.2 Å². The molecule has 0 aliphatic heterocycles. The summed E-state index contributed by atoms with van der Waals surface area (Å²) < 4.78 is 26.9. The number of halogens is 4. The smallest absolute Gasteiger partial charge is 0.142 e. The van der Waals surface area contributed by atoms with Gasteiger partial charge in [0.25, 0.3) is 0 Å². The van der Waals surface area contributed by atoms with Gasteiger partial charge in [-0.15, -0.1) is 0 Å². The van der Waals surface area contributed by atoms with E-state index < -0.39 is 17.7 Å². The number of hydrogen-bond donors (Lipinski definition) is 1. The van der Waals surface area contributed by atoms with Crippen molar-refractivity contribution in [2.75, 3.05) is 0 Å². The number of aliphatic hydroxyl groups excluding tert-OH is 1. The Kier molecular flexibility index (Phi) is 4.40. The highest BCUT2D eigenvalue weighted by Crippen LogP contribution is 2.25. The van der Waals surface area contributed by atoms with Gasteiger partial charge in [-0.25, -0.2) is 8.78 Å². The first-order valence-corrected chi connectivity index (χ1v) is 6.30. The summed E-state index contributed by atoms with van der Waals surface area (Å²) in [6.07, 6.45) is -0.982. The van der Waals surface area contributed by atoms with Crippen LogP contribution < -0.4 is 0 Å². The van der Waals surface area contributed by atoms with Gasteiger partial charge in [-0.2, -0.15) is 0 Å². The Labute approximate surface area is 119 Å². The first-order valence-electron chi connectivity index (χ1n) is 5.54. The summed E-state index contributed by atoms with van der Waals surface area (Å²) in [6, 6.07) is 8.24. The Morgan fingerprint density at radius 1 is 1.00 bits per heavy atom. The molecule has 0 amide bonds. The summed E-state index contributed by atoms with van der Waals surface area (Å²) in [5.41, 5.74) is 0.656. The molecule has 0 heterocycles. The Hall–Kier alpha value is -1.16. The summed E-state index contributed by atoms with van der Waals surface area (Å²) in [6.45, 7) is 0. The van der Waals surface area contributed by atoms with Crippen LogP contribution in [0.3, 0.4) is 0 Å². The lowest BCUT2D eigenvalue weighted by atomic mass is 10.0. The van der Waals surface area contributed by atoms with Gasteiger partial charge in [0.2, 0.25) is 0 Å². The van der Waals surface area contributed by atoms with Crippen LogP contribution >= 0.6 is 23.2 Å². The molecule has 2 aromatic rings. The second kappa shape index (κ2) is 5.87. The van der Waals surface area contributed by atoms with Gasteiger partial charge in [0.15, 0.2) is 0 Å². The third-order valence-electron chi connectivity index (χ3n) is 2.73. The minimum atomic E-state index is -1.07. The monoisotopic (exact) mass is 302 g/mol. The summed E-state index contributed by atoms with van der Waals surface area (Å²) in [7, 11) is 0. The average Bonchev–Trinajstić information content (AvgIpc) is 2.33. The highest BCUT2D eigenvalue weighted by molar-refractivity contribution is 6.30. The third kappa shape index (κ3) is 3.44. The molecule has 1 atom stereocenters. The van der Waals surface area contributed by atoms with Crippen molar-refractivity contribution < 1.29 is 13.9 Å². The number of benzene rings is 2. The van der Waals surface area contributed by atoms with Crippen molar-refractivity contribution in [3.63, 3.8) is 0 Å². The van der Waals surface area contributed by atoms with E-state index >= 15 is 0 Å². The van der Waals surface area contributed by atoms with Gasteiger partial charge in [-0.05, 0) is 29.8 Å². The molecule has 100 valence electrons. The predicted octanol–water partition coefficient (Wildman–Crippen LogP) is 4.55. The van der Waals surface area contributed by atoms with Crippen molar-refractivity contribution in [3.8, 4) is 0 Å². The van der Waals surface area contributed by atoms with Gasteiger partial charge in [0.1, 0.15) is 11.6 Å². The predicted molar refractivity (Wildman–Crippen MR) is 71.5 cm³/mol. The molecule has 0 radical (unpaired) electrons. The van der Waals surface area contributed by atoms with E-state index in [2.05, 4.69) is 0 Å². The maximum absolute atomic E-state index is 13.6. The number of aliphatic hydroxyl groups is 1. The molecule has 0 saturated heterocycles. The maximum Gasteiger partial charge on any atom is 0.142 e. The SMILES string of the molecule is OC(Cc1ccc(Cl)c(F)c1)c1ccc(Cl)cc1F. The molecule has 0 spiro atoms. The molecule has 2 aromatic carbocycles. The van der Waals surface area contributed by atoms with E-state index in [1.54, 1.807) is 6.07 Å². The molecule has 0 aliphatic rings. The summed E-state index contributed by atoms with van der Waals surface area (Å²) in [5, 5.41) is 10.2. The molecular weight excluding hydrogens is 293 g/mol. The second-order valence-corrected chi connectivity index (χ2v) is 4.98. The summed E-state index contributed by atoms with van der Waals surface area (Å²) >= 11 is 11.2. The molecule has 0 saturated carbocycles. The summed E-state index contributed by atoms with van der Waals surface area (Å²) in [4.78, 5) is 0. The normalized spacial score (nSPS) is 12.5. The molecule has 0 aliphatic carbocycles. The first kappa shape index (κ1) is 14.3. The Morgan fingerprint density at radius 2 is 1.74 bits per heavy atom. The van der Waals surface area contributed by atoms with E-state index in [9.17, 15) is 13.9 Å². The molecule has 1 nitrogen and oxygen atoms in total. The Morgan fingerprint density at radius 3 is 2.37 bits per heavy atom. The van der Waals surface area contributed by atoms with Crippen LogP contribution in [0.4, 0.5) is 8.78 Å². The molecular formula is C14H10Cl2F2O. The lowest BCUT2D eigenvalue weighted by Gasteiger charge is -2.12. The molecule has 19 heavy (non-hydrogen) atoms. The molecule has 2 rings (SSSR count). The number of hydrogen-bond acceptors (Lipinski definition) is 1. The average molecular weight is 303 g/mol. The van der Waals surface area contributed by atoms with Crippen LogP contribution in [0.2, 0.25) is 10.0 Å². The van der Waals surface area contributed by atoms with Crippen molar-refractivity contribution in [1.82, 2.24) is 0 Å². The van der Waals surface area contributed by atoms with Crippen LogP contribution in [0.15, 0.2) is 36.4 Å². The lowest BCUT2D eigenvalue weighted by Crippen LogP contribution is -2.04. The molecule has 0 aromatic heterocycles. The fraction of sp³-hybridized carbons (Fsp3) is 0.143. The second-order valence-electron chi connectivity index (χ2n) is 4.13. The Balaban J connectivity index is 2.20. The van der Waals surface area contributed by atoms with E-state index in [1.165, 1.54) is 24.3 Å². The van der Waals surface area contributed by atoms with Crippen LogP contribution in [-0.2, 0) is 6.42 Å². The van der Waals surface area contributed by atoms with Gasteiger partial charge < -0.3 is 5.11 Å². The maximum atomic E-state index is 13.6. The molecule has 1 N–H and O–H groups in total. The molecule has 1 unspecified atom stereocenters. The fourth-order valence-electron chi connectivity index (χ4n) is 1.77. The lowest BCUT2D eigenvalue weighted by molar-refractivity contribution is 0.173. The van der Waals surface area contributed by atoms with Crippen LogP contribution in [0.5, 0.6) is 0 Å². The van der Waals surface area contributed by atoms with Gasteiger partial charge >= 0.3 is 0 Å². The Bertz CT molecular complexity index is 602. The largest absolute Gasteiger partial charge is 0.388 e. The zero-order valence-corrected chi connectivity index (χ0v) is 11.2. The van der Waals surface area contributed by atoms with Gasteiger partial charge in [0, 0.05) is 17.0 Å². The minimum absolute atomic E-state index is 0.0101. The first-order chi connectivity index (χ1) is 8.97. The molecule has 5 heteroatoms. The van der Waals surface area contributed by atoms with Crippen molar-refractivity contribution >= 4 is 23.2 Å². The van der Waals surface area contributed by atoms with Crippen molar-refractivity contribution in [1.29, 1.82) is 0 Å². The topological polar surface area (TPSA) is 20.2 Å². The van der Waals surface area contributed by atoms with Crippen LogP contribution in [0, 0.1) is 11.6 Å². The van der Waals surface area contributed by atoms with Crippen molar-refractivity contribution in [2.24, 2.45) is 0 Å². The van der Waals surface area contributed by atoms with Gasteiger partial charge in [-0.3, -0.25) is 0 Å². The highest BCUT2D eigenvalue weighted by atomic mass is 35.5. The zero-order valence-electron chi connectivity index (χ0n) is 9.71. The quantitative estimate of drug-likeness (QED) is 0.882. The zero-order chi connectivity index (χ0) is 14.0. The van der Waals surface area contributed by atoms with Crippen molar-refractivity contribution in [2.45, 2.75) is 12.5 Å². The van der Waals surface area contributed by atoms with E-state index in [0.29, 0.717) is 5.56 Å². The van der Waals surface area contributed by atoms with Gasteiger partial charge in [-0.1, -0.05) is 35.3 Å². The minimum Gasteiger partial charge on any atom is -0.388 e. The third-order valence-corrected chi connectivity index (χ3v) is 3.28. The fourth-order valence-corrected chi connectivity index (χ4v) is 2.05. The molecule has 0 fully saturated rings. The van der Waals surface area contributed by atoms with Crippen molar-refractivity contribution in [3.05, 3.63) is 69.2 Å². The van der Waals surface area contributed by atoms with Gasteiger partial charge in [0.05, 0.1) is 11.1 Å². The number of rotatable bonds is 3. The highest BCUT2D eigenvalue weighted by Gasteiger charge is 2.14. The molecule has 0 bridgehead atoms. The van der Waals surface area contributed by atoms with Crippen LogP contribution in [0.25, 0.3) is 0 Å². The summed E-state index contributed by atoms with van der Waals surface area (Å²) in [5.74, 6) is -1.16. The van der Waals surface area contributed by atoms with Crippen LogP contribution in [0.1, 0.15) is 17.2 Å².